The summed E-state index contributed by atoms with van der Waals surface area (Å²) in [7, 11) is 0. The molecule has 7 heterocycles. The van der Waals surface area contributed by atoms with E-state index in [1.165, 1.54) is 25.7 Å². The predicted octanol–water partition coefficient (Wildman–Crippen LogP) is 17.4. The molecule has 2 aromatic carbocycles. The van der Waals surface area contributed by atoms with Gasteiger partial charge in [0.1, 0.15) is 23.0 Å². The van der Waals surface area contributed by atoms with Crippen LogP contribution in [0.3, 0.4) is 0 Å². The van der Waals surface area contributed by atoms with Crippen molar-refractivity contribution in [1.82, 2.24) is 29.9 Å². The molecule has 0 saturated heterocycles. The minimum atomic E-state index is 0.613. The summed E-state index contributed by atoms with van der Waals surface area (Å²) in [5.41, 5.74) is 12.9. The Morgan fingerprint density at radius 3 is 1.01 bits per heavy atom. The topological polar surface area (TPSA) is 120 Å². The Labute approximate surface area is 473 Å². The fourth-order valence-electron chi connectivity index (χ4n) is 9.86. The van der Waals surface area contributed by atoms with Crippen LogP contribution in [0.5, 0.6) is 23.0 Å². The number of aromatic amines is 2. The first-order chi connectivity index (χ1) is 39.5. The third-order valence-electron chi connectivity index (χ3n) is 14.2. The lowest BCUT2D eigenvalue weighted by atomic mass is 10.0. The van der Waals surface area contributed by atoms with Crippen LogP contribution < -0.4 is 18.9 Å². The van der Waals surface area contributed by atoms with E-state index in [1.54, 1.807) is 24.8 Å². The molecule has 0 saturated carbocycles. The Kier molecular flexibility index (Phi) is 20.8. The Bertz CT molecular complexity index is 3240. The van der Waals surface area contributed by atoms with Gasteiger partial charge in [0.05, 0.1) is 71.4 Å². The number of nitrogens with one attached hydrogen (secondary N) is 2. The van der Waals surface area contributed by atoms with Crippen LogP contribution in [0.1, 0.15) is 175 Å². The van der Waals surface area contributed by atoms with Crippen LogP contribution >= 0.6 is 0 Å². The van der Waals surface area contributed by atoms with Crippen LogP contribution in [0.2, 0.25) is 0 Å². The van der Waals surface area contributed by atoms with Gasteiger partial charge in [-0.15, -0.1) is 0 Å². The lowest BCUT2D eigenvalue weighted by Gasteiger charge is -2.14. The SMILES string of the molecule is CCCCCCOc1cc(OCCCCCC)cc(-c2c3nc(c(C#Cc4ccncc4)c4ccc([nH]4)c(-c4cc(OCCCCCC)cc(OCCCCCC)c4)c4nc(c(C#Cc5ccncc5)c5ccc2[nH]5)C=C4)C=C3)c1. The van der Waals surface area contributed by atoms with Gasteiger partial charge in [-0.05, 0) is 134 Å². The van der Waals surface area contributed by atoms with E-state index in [1.807, 2.05) is 36.4 Å². The zero-order valence-electron chi connectivity index (χ0n) is 47.3. The normalized spacial score (nSPS) is 11.4. The van der Waals surface area contributed by atoms with Crippen molar-refractivity contribution < 1.29 is 18.9 Å². The molecule has 2 aliphatic heterocycles. The van der Waals surface area contributed by atoms with E-state index in [-0.39, 0.29) is 0 Å². The summed E-state index contributed by atoms with van der Waals surface area (Å²) in [6.45, 7) is 11.4. The van der Waals surface area contributed by atoms with Gasteiger partial charge >= 0.3 is 0 Å². The first-order valence-corrected chi connectivity index (χ1v) is 29.3. The van der Waals surface area contributed by atoms with Gasteiger partial charge in [-0.3, -0.25) is 9.97 Å². The van der Waals surface area contributed by atoms with Gasteiger partial charge in [0, 0.05) is 70.2 Å². The molecule has 2 aliphatic rings. The fraction of sp³-hybridized carbons (Fsp3) is 0.343. The van der Waals surface area contributed by atoms with Crippen LogP contribution in [0.15, 0.2) is 110 Å². The second kappa shape index (κ2) is 29.6. The average molecular weight is 1070 g/mol. The number of fused-ring (bicyclic) bond motifs is 8. The molecule has 410 valence electrons. The molecular formula is C70H76N6O4. The summed E-state index contributed by atoms with van der Waals surface area (Å²) < 4.78 is 26.2. The molecule has 0 spiro atoms. The molecule has 8 bridgehead atoms. The number of unbranched alkanes of at least 4 members (excludes halogenated alkanes) is 12. The van der Waals surface area contributed by atoms with Crippen LogP contribution in [0.4, 0.5) is 0 Å². The highest BCUT2D eigenvalue weighted by molar-refractivity contribution is 5.96. The van der Waals surface area contributed by atoms with Crippen LogP contribution in [0, 0.1) is 23.7 Å². The van der Waals surface area contributed by atoms with Crippen molar-refractivity contribution >= 4 is 46.4 Å². The van der Waals surface area contributed by atoms with Gasteiger partial charge in [0.2, 0.25) is 0 Å². The first kappa shape index (κ1) is 56.4. The van der Waals surface area contributed by atoms with Gasteiger partial charge in [-0.25, -0.2) is 9.97 Å². The first-order valence-electron chi connectivity index (χ1n) is 29.3. The fourth-order valence-corrected chi connectivity index (χ4v) is 9.86. The number of hydrogen-bond donors (Lipinski definition) is 2. The summed E-state index contributed by atoms with van der Waals surface area (Å²) >= 11 is 0. The van der Waals surface area contributed by atoms with Crippen molar-refractivity contribution in [1.29, 1.82) is 0 Å². The monoisotopic (exact) mass is 1060 g/mol. The molecule has 0 atom stereocenters. The van der Waals surface area contributed by atoms with E-state index in [0.29, 0.717) is 37.8 Å². The number of benzene rings is 2. The highest BCUT2D eigenvalue weighted by Gasteiger charge is 2.20. The highest BCUT2D eigenvalue weighted by atomic mass is 16.5. The summed E-state index contributed by atoms with van der Waals surface area (Å²) in [5.74, 6) is 17.0. The minimum Gasteiger partial charge on any atom is -0.493 e. The maximum atomic E-state index is 6.56. The Balaban J connectivity index is 1.31. The van der Waals surface area contributed by atoms with E-state index >= 15 is 0 Å². The third kappa shape index (κ3) is 15.5. The molecular weight excluding hydrogens is 989 g/mol. The van der Waals surface area contributed by atoms with Crippen LogP contribution in [-0.4, -0.2) is 56.3 Å². The van der Waals surface area contributed by atoms with Crippen molar-refractivity contribution in [3.05, 3.63) is 155 Å². The lowest BCUT2D eigenvalue weighted by Crippen LogP contribution is -2.01. The molecule has 7 aromatic rings. The minimum absolute atomic E-state index is 0.613. The number of rotatable bonds is 26. The van der Waals surface area contributed by atoms with E-state index < -0.39 is 0 Å². The molecule has 0 radical (unpaired) electrons. The molecule has 10 heteroatoms. The molecule has 0 amide bonds. The molecule has 9 rings (SSSR count). The van der Waals surface area contributed by atoms with Gasteiger partial charge < -0.3 is 28.9 Å². The molecule has 0 unspecified atom stereocenters. The molecule has 2 N–H and O–H groups in total. The lowest BCUT2D eigenvalue weighted by molar-refractivity contribution is 0.290. The van der Waals surface area contributed by atoms with Crippen LogP contribution in [0.25, 0.3) is 68.6 Å². The molecule has 10 nitrogen and oxygen atoms in total. The number of nitrogens with zero attached hydrogens (tertiary/aromatic N) is 4. The zero-order chi connectivity index (χ0) is 55.1. The molecule has 5 aromatic heterocycles. The van der Waals surface area contributed by atoms with Crippen molar-refractivity contribution in [3.8, 4) is 68.9 Å². The summed E-state index contributed by atoms with van der Waals surface area (Å²) in [6.07, 6.45) is 33.0. The highest BCUT2D eigenvalue weighted by Crippen LogP contribution is 2.39. The quantitative estimate of drug-likeness (QED) is 0.0406. The van der Waals surface area contributed by atoms with Gasteiger partial charge in [-0.2, -0.15) is 0 Å². The van der Waals surface area contributed by atoms with Crippen molar-refractivity contribution in [2.75, 3.05) is 26.4 Å². The largest absolute Gasteiger partial charge is 0.493 e. The van der Waals surface area contributed by atoms with E-state index in [4.69, 9.17) is 28.9 Å². The number of ether oxygens (including phenoxy) is 4. The summed E-state index contributed by atoms with van der Waals surface area (Å²) in [4.78, 5) is 27.2. The maximum absolute atomic E-state index is 6.56. The average Bonchev–Trinajstić information content (AvgIpc) is 4.40. The summed E-state index contributed by atoms with van der Waals surface area (Å²) in [5, 5.41) is 0. The van der Waals surface area contributed by atoms with E-state index in [9.17, 15) is 0 Å². The van der Waals surface area contributed by atoms with E-state index in [0.717, 1.165) is 178 Å². The molecule has 0 fully saturated rings. The molecule has 80 heavy (non-hydrogen) atoms. The smallest absolute Gasteiger partial charge is 0.123 e. The van der Waals surface area contributed by atoms with Gasteiger partial charge in [0.15, 0.2) is 0 Å². The number of aromatic nitrogens is 6. The van der Waals surface area contributed by atoms with E-state index in [2.05, 4.69) is 144 Å². The standard InChI is InChI=1S/C70H76N6O4/c1-5-9-13-17-41-77-55-45-53(46-56(49-55)78-42-18-14-10-6-2)69-65-29-25-61(73-65)59(23-21-51-33-37-71-38-34-51)63-27-31-67(75-63)70(54-47-57(79-43-19-15-11-7-3)50-58(48-54)80-44-20-16-12-8-4)68-32-28-64(76-68)60(62-26-30-66(69)74-62)24-22-52-35-39-72-40-36-52/h25-40,45-50,73,76H,5-20,41-44H2,1-4H3. The Hall–Kier alpha value is -8.34. The summed E-state index contributed by atoms with van der Waals surface area (Å²) in [6, 6.07) is 28.6. The van der Waals surface area contributed by atoms with Crippen LogP contribution in [-0.2, 0) is 0 Å². The van der Waals surface area contributed by atoms with Crippen molar-refractivity contribution in [2.45, 2.75) is 130 Å². The van der Waals surface area contributed by atoms with Gasteiger partial charge in [-0.1, -0.05) is 128 Å². The third-order valence-corrected chi connectivity index (χ3v) is 14.2. The molecule has 0 aliphatic carbocycles. The van der Waals surface area contributed by atoms with Crippen molar-refractivity contribution in [2.24, 2.45) is 0 Å². The zero-order valence-corrected chi connectivity index (χ0v) is 47.3. The maximum Gasteiger partial charge on any atom is 0.123 e. The number of pyridine rings is 2. The van der Waals surface area contributed by atoms with Crippen molar-refractivity contribution in [3.63, 3.8) is 0 Å². The predicted molar refractivity (Wildman–Crippen MR) is 329 cm³/mol. The Morgan fingerprint density at radius 2 is 0.675 bits per heavy atom. The number of hydrogen-bond acceptors (Lipinski definition) is 8. The van der Waals surface area contributed by atoms with Gasteiger partial charge in [0.25, 0.3) is 0 Å². The Morgan fingerprint density at radius 1 is 0.350 bits per heavy atom. The second-order valence-electron chi connectivity index (χ2n) is 20.5. The number of H-pyrrole nitrogens is 2. The second-order valence-corrected chi connectivity index (χ2v) is 20.5.